The fourth-order valence-corrected chi connectivity index (χ4v) is 1.06. The number of aromatic nitrogens is 1. The second-order valence-electron chi connectivity index (χ2n) is 2.19. The molecule has 1 rings (SSSR count). The fraction of sp³-hybridized carbons (Fsp3) is 0.250. The van der Waals surface area contributed by atoms with Crippen LogP contribution in [-0.4, -0.2) is 11.3 Å². The minimum atomic E-state index is 0.484. The summed E-state index contributed by atoms with van der Waals surface area (Å²) in [6, 6.07) is 1.75. The van der Waals surface area contributed by atoms with Gasteiger partial charge >= 0.3 is 0 Å². The van der Waals surface area contributed by atoms with Gasteiger partial charge in [-0.25, -0.2) is 4.98 Å². The Balaban J connectivity index is 3.12. The highest BCUT2D eigenvalue weighted by Gasteiger charge is 1.99. The average Bonchev–Trinajstić information content (AvgIpc) is 2.05. The van der Waals surface area contributed by atoms with Crippen molar-refractivity contribution in [3.63, 3.8) is 0 Å². The molecule has 1 aromatic heterocycles. The second kappa shape index (κ2) is 3.49. The SMILES string of the molecule is CCc1cc(C=O)cnc1Cl. The van der Waals surface area contributed by atoms with Crippen LogP contribution in [0.15, 0.2) is 12.3 Å². The molecule has 0 bridgehead atoms. The Bertz CT molecular complexity index is 273. The summed E-state index contributed by atoms with van der Waals surface area (Å²) >= 11 is 5.73. The molecule has 0 N–H and O–H groups in total. The van der Waals surface area contributed by atoms with Gasteiger partial charge in [-0.15, -0.1) is 0 Å². The highest BCUT2D eigenvalue weighted by atomic mass is 35.5. The van der Waals surface area contributed by atoms with Crippen LogP contribution in [0.2, 0.25) is 5.15 Å². The van der Waals surface area contributed by atoms with E-state index in [1.165, 1.54) is 6.20 Å². The van der Waals surface area contributed by atoms with Gasteiger partial charge in [0.2, 0.25) is 0 Å². The molecule has 0 spiro atoms. The van der Waals surface area contributed by atoms with Gasteiger partial charge in [0.1, 0.15) is 5.15 Å². The normalized spacial score (nSPS) is 9.64. The van der Waals surface area contributed by atoms with Crippen molar-refractivity contribution in [1.82, 2.24) is 4.98 Å². The quantitative estimate of drug-likeness (QED) is 0.502. The largest absolute Gasteiger partial charge is 0.298 e. The number of rotatable bonds is 2. The van der Waals surface area contributed by atoms with E-state index < -0.39 is 0 Å². The number of hydrogen-bond acceptors (Lipinski definition) is 2. The first-order chi connectivity index (χ1) is 5.27. The fourth-order valence-electron chi connectivity index (χ4n) is 0.825. The van der Waals surface area contributed by atoms with E-state index in [-0.39, 0.29) is 0 Å². The number of halogens is 1. The van der Waals surface area contributed by atoms with Crippen LogP contribution >= 0.6 is 11.6 Å². The van der Waals surface area contributed by atoms with Gasteiger partial charge in [0.05, 0.1) is 0 Å². The second-order valence-corrected chi connectivity index (χ2v) is 2.55. The Hall–Kier alpha value is -0.890. The molecule has 0 aliphatic carbocycles. The van der Waals surface area contributed by atoms with Gasteiger partial charge in [0.15, 0.2) is 6.29 Å². The van der Waals surface area contributed by atoms with Crippen molar-refractivity contribution in [2.45, 2.75) is 13.3 Å². The maximum Gasteiger partial charge on any atom is 0.151 e. The number of aldehydes is 1. The molecule has 0 aliphatic heterocycles. The molecular weight excluding hydrogens is 162 g/mol. The minimum absolute atomic E-state index is 0.484. The summed E-state index contributed by atoms with van der Waals surface area (Å²) in [7, 11) is 0. The summed E-state index contributed by atoms with van der Waals surface area (Å²) in [6.45, 7) is 1.97. The van der Waals surface area contributed by atoms with Gasteiger partial charge < -0.3 is 0 Å². The predicted molar refractivity (Wildman–Crippen MR) is 44.0 cm³/mol. The van der Waals surface area contributed by atoms with Crippen LogP contribution in [0.1, 0.15) is 22.8 Å². The minimum Gasteiger partial charge on any atom is -0.298 e. The van der Waals surface area contributed by atoms with E-state index in [0.717, 1.165) is 18.3 Å². The Labute approximate surface area is 70.2 Å². The molecule has 0 saturated heterocycles. The first-order valence-electron chi connectivity index (χ1n) is 3.37. The Morgan fingerprint density at radius 2 is 2.45 bits per heavy atom. The first-order valence-corrected chi connectivity index (χ1v) is 3.75. The Kier molecular flexibility index (Phi) is 2.60. The highest BCUT2D eigenvalue weighted by Crippen LogP contribution is 2.13. The number of nitrogens with zero attached hydrogens (tertiary/aromatic N) is 1. The number of hydrogen-bond donors (Lipinski definition) is 0. The van der Waals surface area contributed by atoms with Crippen LogP contribution in [0, 0.1) is 0 Å². The maximum atomic E-state index is 10.3. The van der Waals surface area contributed by atoms with Crippen molar-refractivity contribution in [3.05, 3.63) is 28.5 Å². The molecule has 0 atom stereocenters. The number of aryl methyl sites for hydroxylation is 1. The molecular formula is C8H8ClNO. The molecule has 1 aromatic rings. The van der Waals surface area contributed by atoms with Gasteiger partial charge in [-0.05, 0) is 18.1 Å². The van der Waals surface area contributed by atoms with E-state index in [9.17, 15) is 4.79 Å². The molecule has 0 aliphatic rings. The van der Waals surface area contributed by atoms with E-state index in [2.05, 4.69) is 4.98 Å². The smallest absolute Gasteiger partial charge is 0.151 e. The van der Waals surface area contributed by atoms with Crippen LogP contribution in [0.5, 0.6) is 0 Å². The van der Waals surface area contributed by atoms with E-state index >= 15 is 0 Å². The molecule has 0 fully saturated rings. The average molecular weight is 170 g/mol. The maximum absolute atomic E-state index is 10.3. The summed E-state index contributed by atoms with van der Waals surface area (Å²) < 4.78 is 0. The third kappa shape index (κ3) is 1.77. The van der Waals surface area contributed by atoms with E-state index in [1.54, 1.807) is 6.07 Å². The summed E-state index contributed by atoms with van der Waals surface area (Å²) in [5.74, 6) is 0. The van der Waals surface area contributed by atoms with E-state index in [0.29, 0.717) is 10.7 Å². The van der Waals surface area contributed by atoms with Gasteiger partial charge in [-0.3, -0.25) is 4.79 Å². The molecule has 58 valence electrons. The third-order valence-corrected chi connectivity index (χ3v) is 1.79. The highest BCUT2D eigenvalue weighted by molar-refractivity contribution is 6.30. The van der Waals surface area contributed by atoms with E-state index in [1.807, 2.05) is 6.92 Å². The van der Waals surface area contributed by atoms with Crippen molar-refractivity contribution >= 4 is 17.9 Å². The molecule has 1 heterocycles. The van der Waals surface area contributed by atoms with Crippen molar-refractivity contribution in [2.75, 3.05) is 0 Å². The zero-order valence-corrected chi connectivity index (χ0v) is 6.93. The standard InChI is InChI=1S/C8H8ClNO/c1-2-7-3-6(5-11)4-10-8(7)9/h3-5H,2H2,1H3. The van der Waals surface area contributed by atoms with E-state index in [4.69, 9.17) is 11.6 Å². The summed E-state index contributed by atoms with van der Waals surface area (Å²) in [4.78, 5) is 14.2. The number of pyridine rings is 1. The van der Waals surface area contributed by atoms with Gasteiger partial charge in [0, 0.05) is 11.8 Å². The van der Waals surface area contributed by atoms with Crippen LogP contribution in [0.25, 0.3) is 0 Å². The van der Waals surface area contributed by atoms with Crippen LogP contribution in [-0.2, 0) is 6.42 Å². The summed E-state index contributed by atoms with van der Waals surface area (Å²) in [5.41, 5.74) is 1.49. The van der Waals surface area contributed by atoms with Crippen LogP contribution in [0.4, 0.5) is 0 Å². The topological polar surface area (TPSA) is 30.0 Å². The van der Waals surface area contributed by atoms with Crippen molar-refractivity contribution in [3.8, 4) is 0 Å². The van der Waals surface area contributed by atoms with Crippen LogP contribution in [0.3, 0.4) is 0 Å². The predicted octanol–water partition coefficient (Wildman–Crippen LogP) is 2.11. The first kappa shape index (κ1) is 8.21. The Morgan fingerprint density at radius 3 is 3.00 bits per heavy atom. The van der Waals surface area contributed by atoms with Gasteiger partial charge in [-0.2, -0.15) is 0 Å². The molecule has 2 nitrogen and oxygen atoms in total. The summed E-state index contributed by atoms with van der Waals surface area (Å²) in [6.07, 6.45) is 3.03. The third-order valence-electron chi connectivity index (χ3n) is 1.45. The molecule has 3 heteroatoms. The molecule has 0 aromatic carbocycles. The van der Waals surface area contributed by atoms with Crippen LogP contribution < -0.4 is 0 Å². The molecule has 0 unspecified atom stereocenters. The lowest BCUT2D eigenvalue weighted by molar-refractivity contribution is 0.112. The molecule has 0 amide bonds. The lowest BCUT2D eigenvalue weighted by atomic mass is 10.2. The lowest BCUT2D eigenvalue weighted by Gasteiger charge is -1.98. The molecule has 0 radical (unpaired) electrons. The van der Waals surface area contributed by atoms with Gasteiger partial charge in [-0.1, -0.05) is 18.5 Å². The lowest BCUT2D eigenvalue weighted by Crippen LogP contribution is -1.89. The van der Waals surface area contributed by atoms with Crippen molar-refractivity contribution in [1.29, 1.82) is 0 Å². The Morgan fingerprint density at radius 1 is 1.73 bits per heavy atom. The zero-order chi connectivity index (χ0) is 8.27. The molecule has 0 saturated carbocycles. The summed E-state index contributed by atoms with van der Waals surface area (Å²) in [5, 5.41) is 0.484. The number of carbonyl (C=O) groups excluding carboxylic acids is 1. The van der Waals surface area contributed by atoms with Crippen molar-refractivity contribution in [2.24, 2.45) is 0 Å². The van der Waals surface area contributed by atoms with Crippen molar-refractivity contribution < 1.29 is 4.79 Å². The van der Waals surface area contributed by atoms with Gasteiger partial charge in [0.25, 0.3) is 0 Å². The zero-order valence-electron chi connectivity index (χ0n) is 6.17. The molecule has 11 heavy (non-hydrogen) atoms. The monoisotopic (exact) mass is 169 g/mol. The number of carbonyl (C=O) groups is 1.